The lowest BCUT2D eigenvalue weighted by Crippen LogP contribution is -2.10. The maximum Gasteiger partial charge on any atom is 0.180 e. The van der Waals surface area contributed by atoms with Gasteiger partial charge in [0.2, 0.25) is 0 Å². The first-order valence-electron chi connectivity index (χ1n) is 28.7. The molecule has 0 saturated carbocycles. The number of fused-ring (bicyclic) bond motifs is 14. The summed E-state index contributed by atoms with van der Waals surface area (Å²) in [6.45, 7) is 0. The number of aryl methyl sites for hydroxylation is 1. The van der Waals surface area contributed by atoms with Gasteiger partial charge in [0.25, 0.3) is 0 Å². The van der Waals surface area contributed by atoms with Crippen LogP contribution in [0, 0.1) is 0 Å². The van der Waals surface area contributed by atoms with Gasteiger partial charge in [-0.15, -0.1) is 0 Å². The molecule has 7 nitrogen and oxygen atoms in total. The number of benzene rings is 13. The number of rotatable bonds is 10. The summed E-state index contributed by atoms with van der Waals surface area (Å²) < 4.78 is 29.7. The van der Waals surface area contributed by atoms with E-state index in [0.717, 1.165) is 97.1 Å². The van der Waals surface area contributed by atoms with Crippen molar-refractivity contribution in [2.75, 3.05) is 9.80 Å². The van der Waals surface area contributed by atoms with Crippen LogP contribution in [0.2, 0.25) is 0 Å². The normalized spacial score (nSPS) is 13.4. The molecule has 7 heteroatoms. The van der Waals surface area contributed by atoms with E-state index in [2.05, 4.69) is 245 Å². The Kier molecular flexibility index (Phi) is 11.0. The van der Waals surface area contributed by atoms with E-state index in [0.29, 0.717) is 34.5 Å². The molecule has 0 spiro atoms. The second kappa shape index (κ2) is 19.3. The summed E-state index contributed by atoms with van der Waals surface area (Å²) in [6.07, 6.45) is 1.67. The van der Waals surface area contributed by atoms with Crippen molar-refractivity contribution in [2.45, 2.75) is 18.8 Å². The van der Waals surface area contributed by atoms with Crippen molar-refractivity contribution < 1.29 is 18.9 Å². The molecule has 0 fully saturated rings. The maximum absolute atomic E-state index is 6.98. The second-order valence-corrected chi connectivity index (χ2v) is 21.8. The smallest absolute Gasteiger partial charge is 0.180 e. The van der Waals surface area contributed by atoms with Gasteiger partial charge < -0.3 is 33.3 Å². The van der Waals surface area contributed by atoms with Crippen molar-refractivity contribution in [3.8, 4) is 62.8 Å². The molecule has 84 heavy (non-hydrogen) atoms. The van der Waals surface area contributed by atoms with Crippen LogP contribution in [0.15, 0.2) is 279 Å². The van der Waals surface area contributed by atoms with Crippen LogP contribution in [0.3, 0.4) is 0 Å². The molecule has 1 atom stereocenters. The number of hydrogen-bond acceptors (Lipinski definition) is 6. The third-order valence-electron chi connectivity index (χ3n) is 17.1. The minimum atomic E-state index is 0.0608. The third kappa shape index (κ3) is 7.59. The Morgan fingerprint density at radius 1 is 0.321 bits per heavy atom. The Balaban J connectivity index is 0.837. The highest BCUT2D eigenvalue weighted by atomic mass is 16.6. The summed E-state index contributed by atoms with van der Waals surface area (Å²) in [7, 11) is 0. The molecule has 3 heterocycles. The summed E-state index contributed by atoms with van der Waals surface area (Å²) in [5.74, 6) is 5.72. The maximum atomic E-state index is 6.98. The lowest BCUT2D eigenvalue weighted by molar-refractivity contribution is 0.360. The van der Waals surface area contributed by atoms with Gasteiger partial charge in [0.1, 0.15) is 0 Å². The Morgan fingerprint density at radius 2 is 0.750 bits per heavy atom. The number of anilines is 6. The van der Waals surface area contributed by atoms with Gasteiger partial charge in [-0.3, -0.25) is 0 Å². The molecule has 0 saturated heterocycles. The Bertz CT molecular complexity index is 4790. The summed E-state index contributed by atoms with van der Waals surface area (Å²) in [5, 5.41) is 6.81. The SMILES string of the molecule is c1ccc(N(c2ccccc2)c2ccc3c(c2)-c2c(ccc4c2Oc2ccccc2O4)C3CCc2c3ccccc3c(-n3c4ccc(N(c5ccccc5)c5ccccc5)cc4c4c5c(ccc43)Oc3ccccc3O5)c3ccccc23)cc1. The number of para-hydroxylation sites is 8. The molecule has 1 aromatic heterocycles. The summed E-state index contributed by atoms with van der Waals surface area (Å²) >= 11 is 0. The van der Waals surface area contributed by atoms with Crippen LogP contribution in [0.25, 0.3) is 60.2 Å². The van der Waals surface area contributed by atoms with Crippen LogP contribution in [-0.2, 0) is 6.42 Å². The highest BCUT2D eigenvalue weighted by Crippen LogP contribution is 2.59. The van der Waals surface area contributed by atoms with Gasteiger partial charge in [-0.1, -0.05) is 158 Å². The molecule has 0 N–H and O–H groups in total. The molecule has 17 rings (SSSR count). The zero-order valence-corrected chi connectivity index (χ0v) is 45.5. The molecule has 2 aliphatic heterocycles. The largest absolute Gasteiger partial charge is 0.449 e. The van der Waals surface area contributed by atoms with Crippen molar-refractivity contribution in [1.82, 2.24) is 4.57 Å². The van der Waals surface area contributed by atoms with E-state index in [1.54, 1.807) is 0 Å². The zero-order valence-electron chi connectivity index (χ0n) is 45.5. The monoisotopic (exact) mass is 1080 g/mol. The van der Waals surface area contributed by atoms with Gasteiger partial charge in [-0.2, -0.15) is 0 Å². The van der Waals surface area contributed by atoms with Gasteiger partial charge in [0.15, 0.2) is 46.0 Å². The number of aromatic nitrogens is 1. The Morgan fingerprint density at radius 3 is 1.31 bits per heavy atom. The molecular formula is C77H51N3O4. The van der Waals surface area contributed by atoms with Crippen LogP contribution in [0.1, 0.15) is 29.0 Å². The molecule has 1 aliphatic carbocycles. The highest BCUT2D eigenvalue weighted by Gasteiger charge is 2.36. The number of ether oxygens (including phenoxy) is 4. The average Bonchev–Trinajstić information content (AvgIpc) is 2.28. The van der Waals surface area contributed by atoms with Gasteiger partial charge >= 0.3 is 0 Å². The summed E-state index contributed by atoms with van der Waals surface area (Å²) in [6, 6.07) is 98.8. The first-order chi connectivity index (χ1) is 41.7. The molecule has 0 bridgehead atoms. The van der Waals surface area contributed by atoms with E-state index >= 15 is 0 Å². The highest BCUT2D eigenvalue weighted by molar-refractivity contribution is 6.19. The minimum absolute atomic E-state index is 0.0608. The van der Waals surface area contributed by atoms with E-state index in [9.17, 15) is 0 Å². The molecule has 3 aliphatic rings. The molecular weight excluding hydrogens is 1030 g/mol. The van der Waals surface area contributed by atoms with Crippen LogP contribution in [0.5, 0.6) is 46.0 Å². The van der Waals surface area contributed by atoms with E-state index in [-0.39, 0.29) is 5.92 Å². The predicted molar refractivity (Wildman–Crippen MR) is 340 cm³/mol. The van der Waals surface area contributed by atoms with E-state index in [1.807, 2.05) is 48.5 Å². The summed E-state index contributed by atoms with van der Waals surface area (Å²) in [4.78, 5) is 4.66. The molecule has 0 amide bonds. The van der Waals surface area contributed by atoms with Gasteiger partial charge in [-0.05, 0) is 167 Å². The lowest BCUT2D eigenvalue weighted by Gasteiger charge is -2.26. The lowest BCUT2D eigenvalue weighted by atomic mass is 9.86. The molecule has 398 valence electrons. The van der Waals surface area contributed by atoms with E-state index in [4.69, 9.17) is 18.9 Å². The van der Waals surface area contributed by atoms with E-state index < -0.39 is 0 Å². The summed E-state index contributed by atoms with van der Waals surface area (Å²) in [5.41, 5.74) is 15.6. The van der Waals surface area contributed by atoms with Crippen molar-refractivity contribution in [2.24, 2.45) is 0 Å². The van der Waals surface area contributed by atoms with Crippen molar-refractivity contribution in [3.05, 3.63) is 296 Å². The van der Waals surface area contributed by atoms with Crippen LogP contribution >= 0.6 is 0 Å². The fourth-order valence-electron chi connectivity index (χ4n) is 13.5. The predicted octanol–water partition coefficient (Wildman–Crippen LogP) is 21.6. The van der Waals surface area contributed by atoms with Crippen LogP contribution in [-0.4, -0.2) is 4.57 Å². The molecule has 13 aromatic carbocycles. The fraction of sp³-hybridized carbons (Fsp3) is 0.0390. The van der Waals surface area contributed by atoms with Gasteiger partial charge in [-0.25, -0.2) is 0 Å². The second-order valence-electron chi connectivity index (χ2n) is 21.8. The quantitative estimate of drug-likeness (QED) is 0.127. The van der Waals surface area contributed by atoms with Crippen molar-refractivity contribution >= 4 is 77.5 Å². The van der Waals surface area contributed by atoms with Crippen LogP contribution in [0.4, 0.5) is 34.1 Å². The average molecular weight is 1080 g/mol. The fourth-order valence-corrected chi connectivity index (χ4v) is 13.5. The van der Waals surface area contributed by atoms with Crippen molar-refractivity contribution in [1.29, 1.82) is 0 Å². The standard InChI is InChI=1S/C77H51N3O4/c1-5-21-49(22-6-1)78(50-23-7-2-8-24-50)53-37-39-59-58(60-42-45-71-76(73(60)63(59)47-53)83-69-35-19-17-33-67(69)81-71)41-40-57-55-29-13-15-31-61(55)75(62-32-16-14-30-56(57)62)80-65-43-38-54(79(51-25-9-3-10-26-51)52-27-11-4-12-28-52)48-64(65)74-66(80)44-46-72-77(74)84-70-36-20-18-34-68(70)82-72/h1-39,42-48,58H,40-41H2. The Labute approximate surface area is 485 Å². The molecule has 1 unspecified atom stereocenters. The van der Waals surface area contributed by atoms with Crippen LogP contribution < -0.4 is 28.7 Å². The minimum Gasteiger partial charge on any atom is -0.449 e. The molecule has 14 aromatic rings. The first kappa shape index (κ1) is 47.8. The number of hydrogen-bond donors (Lipinski definition) is 0. The molecule has 0 radical (unpaired) electrons. The Hall–Kier alpha value is -11.0. The topological polar surface area (TPSA) is 48.3 Å². The van der Waals surface area contributed by atoms with Gasteiger partial charge in [0.05, 0.1) is 22.1 Å². The zero-order chi connectivity index (χ0) is 55.2. The number of nitrogens with zero attached hydrogens (tertiary/aromatic N) is 3. The third-order valence-corrected chi connectivity index (χ3v) is 17.1. The van der Waals surface area contributed by atoms with Crippen molar-refractivity contribution in [3.63, 3.8) is 0 Å². The van der Waals surface area contributed by atoms with E-state index in [1.165, 1.54) is 38.2 Å². The van der Waals surface area contributed by atoms with Gasteiger partial charge in [0, 0.05) is 61.8 Å². The first-order valence-corrected chi connectivity index (χ1v) is 28.7.